The van der Waals surface area contributed by atoms with Crippen LogP contribution in [0.3, 0.4) is 0 Å². The van der Waals surface area contributed by atoms with Crippen LogP contribution in [0.4, 0.5) is 0 Å². The fourth-order valence-electron chi connectivity index (χ4n) is 7.41. The minimum absolute atomic E-state index is 0.928. The van der Waals surface area contributed by atoms with E-state index in [1.54, 1.807) is 0 Å². The highest BCUT2D eigenvalue weighted by molar-refractivity contribution is 6.28. The van der Waals surface area contributed by atoms with E-state index in [-0.39, 0.29) is 0 Å². The predicted octanol–water partition coefficient (Wildman–Crippen LogP) is 11.8. The van der Waals surface area contributed by atoms with Crippen LogP contribution < -0.4 is 0 Å². The van der Waals surface area contributed by atoms with E-state index >= 15 is 0 Å². The van der Waals surface area contributed by atoms with Gasteiger partial charge in [0, 0.05) is 21.9 Å². The summed E-state index contributed by atoms with van der Waals surface area (Å²) in [5.41, 5.74) is 8.54. The molecule has 0 amide bonds. The normalized spacial score (nSPS) is 11.9. The molecule has 2 nitrogen and oxygen atoms in total. The SMILES string of the molecule is c1ccc(-c2ccc3ccc4ccc(-c5ccc6ccc7c(-c8cccc9ccccc89)ccc8ccc5c6c87)nc4c3n2)cc1. The second-order valence-corrected chi connectivity index (χ2v) is 12.1. The average molecular weight is 583 g/mol. The highest BCUT2D eigenvalue weighted by atomic mass is 14.8. The zero-order valence-electron chi connectivity index (χ0n) is 24.9. The van der Waals surface area contributed by atoms with E-state index in [9.17, 15) is 0 Å². The molecule has 0 aliphatic heterocycles. The minimum Gasteiger partial charge on any atom is -0.245 e. The molecule has 0 spiro atoms. The summed E-state index contributed by atoms with van der Waals surface area (Å²) < 4.78 is 0. The first-order chi connectivity index (χ1) is 22.8. The van der Waals surface area contributed by atoms with E-state index in [2.05, 4.69) is 152 Å². The topological polar surface area (TPSA) is 25.8 Å². The first-order valence-electron chi connectivity index (χ1n) is 15.8. The maximum atomic E-state index is 5.33. The summed E-state index contributed by atoms with van der Waals surface area (Å²) in [6.45, 7) is 0. The van der Waals surface area contributed by atoms with Gasteiger partial charge >= 0.3 is 0 Å². The van der Waals surface area contributed by atoms with Crippen molar-refractivity contribution in [1.82, 2.24) is 9.97 Å². The van der Waals surface area contributed by atoms with Gasteiger partial charge in [-0.15, -0.1) is 0 Å². The number of benzene rings is 8. The zero-order valence-corrected chi connectivity index (χ0v) is 24.9. The number of hydrogen-bond acceptors (Lipinski definition) is 2. The average Bonchev–Trinajstić information content (AvgIpc) is 3.13. The maximum Gasteiger partial charge on any atom is 0.0972 e. The van der Waals surface area contributed by atoms with Crippen LogP contribution in [0, 0.1) is 0 Å². The van der Waals surface area contributed by atoms with Crippen molar-refractivity contribution in [2.24, 2.45) is 0 Å². The molecule has 0 aliphatic carbocycles. The van der Waals surface area contributed by atoms with Gasteiger partial charge in [-0.05, 0) is 66.3 Å². The van der Waals surface area contributed by atoms with Gasteiger partial charge in [-0.1, -0.05) is 146 Å². The third kappa shape index (κ3) is 3.71. The molecular formula is C44H26N2. The van der Waals surface area contributed by atoms with Crippen LogP contribution in [0.15, 0.2) is 158 Å². The Bertz CT molecular complexity index is 2790. The molecule has 2 heterocycles. The van der Waals surface area contributed by atoms with Crippen molar-refractivity contribution >= 4 is 64.9 Å². The standard InChI is InChI=1S/C44H26N2/c1-2-8-28(9-3-1)39-25-19-31-13-14-32-20-26-40(46-44(32)43(31)45-39)36-22-16-30-17-23-37-35(21-15-29-18-24-38(36)42(30)41(29)37)34-12-6-10-27-7-4-5-11-33(27)34/h1-26H. The molecule has 8 aromatic carbocycles. The lowest BCUT2D eigenvalue weighted by atomic mass is 9.87. The van der Waals surface area contributed by atoms with E-state index in [4.69, 9.17) is 9.97 Å². The summed E-state index contributed by atoms with van der Waals surface area (Å²) in [5.74, 6) is 0. The fourth-order valence-corrected chi connectivity index (χ4v) is 7.41. The smallest absolute Gasteiger partial charge is 0.0972 e. The maximum absolute atomic E-state index is 5.33. The number of nitrogens with zero attached hydrogens (tertiary/aromatic N) is 2. The number of rotatable bonds is 3. The Hall–Kier alpha value is -6.12. The first-order valence-corrected chi connectivity index (χ1v) is 15.8. The number of aromatic nitrogens is 2. The molecule has 10 aromatic rings. The van der Waals surface area contributed by atoms with Crippen LogP contribution in [-0.4, -0.2) is 9.97 Å². The summed E-state index contributed by atoms with van der Waals surface area (Å²) in [4.78, 5) is 10.5. The summed E-state index contributed by atoms with van der Waals surface area (Å²) in [5, 5.41) is 12.3. The lowest BCUT2D eigenvalue weighted by molar-refractivity contribution is 1.37. The molecule has 0 fully saturated rings. The summed E-state index contributed by atoms with van der Waals surface area (Å²) in [6.07, 6.45) is 0. The van der Waals surface area contributed by atoms with E-state index in [1.165, 1.54) is 54.2 Å². The van der Waals surface area contributed by atoms with Crippen LogP contribution in [0.25, 0.3) is 98.5 Å². The van der Waals surface area contributed by atoms with E-state index in [0.29, 0.717) is 0 Å². The third-order valence-electron chi connectivity index (χ3n) is 9.61. The molecule has 46 heavy (non-hydrogen) atoms. The summed E-state index contributed by atoms with van der Waals surface area (Å²) in [7, 11) is 0. The van der Waals surface area contributed by atoms with Crippen molar-refractivity contribution in [1.29, 1.82) is 0 Å². The van der Waals surface area contributed by atoms with Gasteiger partial charge in [0.05, 0.1) is 22.4 Å². The quantitative estimate of drug-likeness (QED) is 0.194. The number of hydrogen-bond donors (Lipinski definition) is 0. The Morgan fingerprint density at radius 2 is 0.804 bits per heavy atom. The Morgan fingerprint density at radius 1 is 0.283 bits per heavy atom. The van der Waals surface area contributed by atoms with Crippen LogP contribution in [-0.2, 0) is 0 Å². The minimum atomic E-state index is 0.928. The second kappa shape index (κ2) is 9.69. The van der Waals surface area contributed by atoms with Crippen LogP contribution in [0.1, 0.15) is 0 Å². The van der Waals surface area contributed by atoms with Gasteiger partial charge < -0.3 is 0 Å². The highest BCUT2D eigenvalue weighted by Gasteiger charge is 2.17. The number of pyridine rings is 2. The largest absolute Gasteiger partial charge is 0.245 e. The van der Waals surface area contributed by atoms with Gasteiger partial charge in [-0.2, -0.15) is 0 Å². The van der Waals surface area contributed by atoms with Crippen molar-refractivity contribution in [3.8, 4) is 33.6 Å². The summed E-state index contributed by atoms with van der Waals surface area (Å²) >= 11 is 0. The fraction of sp³-hybridized carbons (Fsp3) is 0. The van der Waals surface area contributed by atoms with Crippen LogP contribution in [0.5, 0.6) is 0 Å². The molecule has 10 rings (SSSR count). The monoisotopic (exact) mass is 582 g/mol. The first kappa shape index (κ1) is 25.2. The van der Waals surface area contributed by atoms with Gasteiger partial charge in [0.2, 0.25) is 0 Å². The molecule has 0 saturated heterocycles. The molecule has 0 radical (unpaired) electrons. The van der Waals surface area contributed by atoms with Crippen molar-refractivity contribution in [3.05, 3.63) is 158 Å². The Morgan fingerprint density at radius 3 is 1.57 bits per heavy atom. The molecule has 0 bridgehead atoms. The Kier molecular flexibility index (Phi) is 5.31. The van der Waals surface area contributed by atoms with Gasteiger partial charge in [-0.25, -0.2) is 9.97 Å². The lowest BCUT2D eigenvalue weighted by Crippen LogP contribution is -1.93. The van der Waals surface area contributed by atoms with Gasteiger partial charge in [-0.3, -0.25) is 0 Å². The molecule has 0 saturated carbocycles. The number of fused-ring (bicyclic) bond motifs is 4. The van der Waals surface area contributed by atoms with E-state index < -0.39 is 0 Å². The van der Waals surface area contributed by atoms with Gasteiger partial charge in [0.25, 0.3) is 0 Å². The van der Waals surface area contributed by atoms with Crippen molar-refractivity contribution in [2.45, 2.75) is 0 Å². The van der Waals surface area contributed by atoms with Gasteiger partial charge in [0.15, 0.2) is 0 Å². The molecular weight excluding hydrogens is 556 g/mol. The molecule has 0 N–H and O–H groups in total. The molecule has 212 valence electrons. The van der Waals surface area contributed by atoms with Gasteiger partial charge in [0.1, 0.15) is 0 Å². The second-order valence-electron chi connectivity index (χ2n) is 12.1. The van der Waals surface area contributed by atoms with Crippen LogP contribution in [0.2, 0.25) is 0 Å². The molecule has 0 unspecified atom stereocenters. The molecule has 0 atom stereocenters. The zero-order chi connectivity index (χ0) is 30.2. The Labute approximate surface area is 265 Å². The van der Waals surface area contributed by atoms with E-state index in [1.807, 2.05) is 6.07 Å². The lowest BCUT2D eigenvalue weighted by Gasteiger charge is -2.17. The van der Waals surface area contributed by atoms with Crippen LogP contribution >= 0.6 is 0 Å². The summed E-state index contributed by atoms with van der Waals surface area (Å²) in [6, 6.07) is 56.7. The highest BCUT2D eigenvalue weighted by Crippen LogP contribution is 2.43. The Balaban J connectivity index is 1.21. The van der Waals surface area contributed by atoms with Crippen molar-refractivity contribution < 1.29 is 0 Å². The molecule has 2 heteroatoms. The molecule has 2 aromatic heterocycles. The predicted molar refractivity (Wildman–Crippen MR) is 195 cm³/mol. The van der Waals surface area contributed by atoms with Crippen molar-refractivity contribution in [2.75, 3.05) is 0 Å². The van der Waals surface area contributed by atoms with E-state index in [0.717, 1.165) is 44.3 Å². The third-order valence-corrected chi connectivity index (χ3v) is 9.61. The molecule has 0 aliphatic rings. The van der Waals surface area contributed by atoms with Crippen molar-refractivity contribution in [3.63, 3.8) is 0 Å².